The van der Waals surface area contributed by atoms with Crippen molar-refractivity contribution in [3.8, 4) is 11.4 Å². The highest BCUT2D eigenvalue weighted by atomic mass is 32.2. The summed E-state index contributed by atoms with van der Waals surface area (Å²) in [6, 6.07) is 6.95. The summed E-state index contributed by atoms with van der Waals surface area (Å²) in [5.74, 6) is 1.78. The van der Waals surface area contributed by atoms with Crippen LogP contribution < -0.4 is 0 Å². The molecule has 0 atom stereocenters. The number of aromatic nitrogens is 3. The van der Waals surface area contributed by atoms with Gasteiger partial charge in [0.05, 0.1) is 4.90 Å². The normalized spacial score (nSPS) is 16.0. The molecule has 0 unspecified atom stereocenters. The Morgan fingerprint density at radius 2 is 1.90 bits per heavy atom. The molecule has 0 spiro atoms. The molecule has 2 aromatic rings. The maximum absolute atomic E-state index is 11.7. The number of sulfone groups is 1. The second-order valence-corrected chi connectivity index (χ2v) is 7.57. The van der Waals surface area contributed by atoms with Crippen molar-refractivity contribution in [1.29, 1.82) is 0 Å². The van der Waals surface area contributed by atoms with Crippen LogP contribution in [0.2, 0.25) is 0 Å². The van der Waals surface area contributed by atoms with Gasteiger partial charge in [0.25, 0.3) is 0 Å². The third-order valence-corrected chi connectivity index (χ3v) is 4.99. The van der Waals surface area contributed by atoms with E-state index in [9.17, 15) is 8.42 Å². The molecule has 1 aromatic heterocycles. The molecule has 0 aliphatic carbocycles. The molecule has 6 heteroatoms. The van der Waals surface area contributed by atoms with Crippen LogP contribution in [-0.2, 0) is 22.8 Å². The summed E-state index contributed by atoms with van der Waals surface area (Å²) in [5, 5.41) is 8.58. The lowest BCUT2D eigenvalue weighted by Gasteiger charge is -2.13. The summed E-state index contributed by atoms with van der Waals surface area (Å²) >= 11 is 0. The Bertz CT molecular complexity index is 750. The van der Waals surface area contributed by atoms with E-state index in [2.05, 4.69) is 14.8 Å². The van der Waals surface area contributed by atoms with E-state index < -0.39 is 9.84 Å². The average molecular weight is 305 g/mol. The number of benzene rings is 1. The Balaban J connectivity index is 2.05. The predicted molar refractivity (Wildman–Crippen MR) is 80.7 cm³/mol. The maximum Gasteiger partial charge on any atom is 0.175 e. The van der Waals surface area contributed by atoms with Gasteiger partial charge >= 0.3 is 0 Å². The summed E-state index contributed by atoms with van der Waals surface area (Å²) in [6.45, 7) is 0.904. The molecular weight excluding hydrogens is 286 g/mol. The minimum atomic E-state index is -3.21. The zero-order chi connectivity index (χ0) is 14.9. The summed E-state index contributed by atoms with van der Waals surface area (Å²) in [5.41, 5.74) is 0.817. The third kappa shape index (κ3) is 3.00. The molecule has 0 bridgehead atoms. The minimum absolute atomic E-state index is 0.322. The molecule has 0 saturated heterocycles. The van der Waals surface area contributed by atoms with E-state index in [1.54, 1.807) is 18.2 Å². The summed E-state index contributed by atoms with van der Waals surface area (Å²) < 4.78 is 25.5. The number of aryl methyl sites for hydroxylation is 1. The van der Waals surface area contributed by atoms with Gasteiger partial charge in [0.1, 0.15) is 5.82 Å². The molecular formula is C15H19N3O2S. The Morgan fingerprint density at radius 3 is 2.71 bits per heavy atom. The van der Waals surface area contributed by atoms with Crippen molar-refractivity contribution in [2.75, 3.05) is 6.26 Å². The Labute approximate surface area is 124 Å². The minimum Gasteiger partial charge on any atom is -0.311 e. The van der Waals surface area contributed by atoms with Crippen molar-refractivity contribution < 1.29 is 8.42 Å². The Morgan fingerprint density at radius 1 is 1.10 bits per heavy atom. The van der Waals surface area contributed by atoms with Gasteiger partial charge in [-0.2, -0.15) is 0 Å². The van der Waals surface area contributed by atoms with E-state index in [0.29, 0.717) is 4.90 Å². The van der Waals surface area contributed by atoms with Gasteiger partial charge in [-0.1, -0.05) is 25.0 Å². The SMILES string of the molecule is CS(=O)(=O)c1cccc(-c2nnc3n2CCCCCC3)c1. The smallest absolute Gasteiger partial charge is 0.175 e. The topological polar surface area (TPSA) is 64.8 Å². The highest BCUT2D eigenvalue weighted by Gasteiger charge is 2.16. The third-order valence-electron chi connectivity index (χ3n) is 3.88. The van der Waals surface area contributed by atoms with Gasteiger partial charge in [-0.25, -0.2) is 8.42 Å². The second kappa shape index (κ2) is 5.60. The van der Waals surface area contributed by atoms with Crippen molar-refractivity contribution in [3.05, 3.63) is 30.1 Å². The van der Waals surface area contributed by atoms with Gasteiger partial charge in [0.15, 0.2) is 15.7 Å². The summed E-state index contributed by atoms with van der Waals surface area (Å²) in [4.78, 5) is 0.322. The molecule has 3 rings (SSSR count). The first-order valence-electron chi connectivity index (χ1n) is 7.28. The molecule has 0 N–H and O–H groups in total. The van der Waals surface area contributed by atoms with E-state index >= 15 is 0 Å². The molecule has 0 saturated carbocycles. The maximum atomic E-state index is 11.7. The van der Waals surface area contributed by atoms with Crippen LogP contribution >= 0.6 is 0 Å². The van der Waals surface area contributed by atoms with Gasteiger partial charge in [-0.3, -0.25) is 0 Å². The van der Waals surface area contributed by atoms with Gasteiger partial charge in [0, 0.05) is 24.8 Å². The Hall–Kier alpha value is -1.69. The molecule has 112 valence electrons. The molecule has 5 nitrogen and oxygen atoms in total. The highest BCUT2D eigenvalue weighted by Crippen LogP contribution is 2.24. The molecule has 1 aliphatic heterocycles. The first-order valence-corrected chi connectivity index (χ1v) is 9.17. The number of hydrogen-bond donors (Lipinski definition) is 0. The van der Waals surface area contributed by atoms with Crippen LogP contribution in [0.3, 0.4) is 0 Å². The number of fused-ring (bicyclic) bond motifs is 1. The number of hydrogen-bond acceptors (Lipinski definition) is 4. The van der Waals surface area contributed by atoms with E-state index in [4.69, 9.17) is 0 Å². The molecule has 0 radical (unpaired) electrons. The first kappa shape index (κ1) is 14.3. The molecule has 0 fully saturated rings. The van der Waals surface area contributed by atoms with Crippen molar-refractivity contribution in [2.24, 2.45) is 0 Å². The van der Waals surface area contributed by atoms with Crippen LogP contribution in [0.4, 0.5) is 0 Å². The van der Waals surface area contributed by atoms with Crippen LogP contribution in [-0.4, -0.2) is 29.4 Å². The number of rotatable bonds is 2. The van der Waals surface area contributed by atoms with Crippen molar-refractivity contribution in [3.63, 3.8) is 0 Å². The Kier molecular flexibility index (Phi) is 3.80. The zero-order valence-electron chi connectivity index (χ0n) is 12.1. The van der Waals surface area contributed by atoms with Gasteiger partial charge in [-0.05, 0) is 25.0 Å². The van der Waals surface area contributed by atoms with Crippen LogP contribution in [0.1, 0.15) is 31.5 Å². The van der Waals surface area contributed by atoms with Crippen LogP contribution in [0.5, 0.6) is 0 Å². The molecule has 2 heterocycles. The van der Waals surface area contributed by atoms with Crippen LogP contribution in [0, 0.1) is 0 Å². The molecule has 1 aromatic carbocycles. The quantitative estimate of drug-likeness (QED) is 0.855. The van der Waals surface area contributed by atoms with Crippen molar-refractivity contribution in [1.82, 2.24) is 14.8 Å². The largest absolute Gasteiger partial charge is 0.311 e. The fourth-order valence-electron chi connectivity index (χ4n) is 2.74. The van der Waals surface area contributed by atoms with E-state index in [0.717, 1.165) is 43.0 Å². The lowest BCUT2D eigenvalue weighted by atomic mass is 10.1. The standard InChI is InChI=1S/C15H19N3O2S/c1-21(19,20)13-8-6-7-12(11-13)15-17-16-14-9-4-2-3-5-10-18(14)15/h6-8,11H,2-5,9-10H2,1H3. The molecule has 21 heavy (non-hydrogen) atoms. The lowest BCUT2D eigenvalue weighted by molar-refractivity contribution is 0.518. The second-order valence-electron chi connectivity index (χ2n) is 5.56. The zero-order valence-corrected chi connectivity index (χ0v) is 12.9. The monoisotopic (exact) mass is 305 g/mol. The fraction of sp³-hybridized carbons (Fsp3) is 0.467. The van der Waals surface area contributed by atoms with Gasteiger partial charge < -0.3 is 4.57 Å². The van der Waals surface area contributed by atoms with Crippen LogP contribution in [0.15, 0.2) is 29.2 Å². The van der Waals surface area contributed by atoms with E-state index in [1.807, 2.05) is 6.07 Å². The average Bonchev–Trinajstić information content (AvgIpc) is 2.80. The van der Waals surface area contributed by atoms with E-state index in [1.165, 1.54) is 19.1 Å². The van der Waals surface area contributed by atoms with Gasteiger partial charge in [-0.15, -0.1) is 10.2 Å². The fourth-order valence-corrected chi connectivity index (χ4v) is 3.41. The van der Waals surface area contributed by atoms with Crippen LogP contribution in [0.25, 0.3) is 11.4 Å². The summed E-state index contributed by atoms with van der Waals surface area (Å²) in [7, 11) is -3.21. The molecule has 0 amide bonds. The first-order chi connectivity index (χ1) is 10.1. The highest BCUT2D eigenvalue weighted by molar-refractivity contribution is 7.90. The predicted octanol–water partition coefficient (Wildman–Crippen LogP) is 2.47. The van der Waals surface area contributed by atoms with E-state index in [-0.39, 0.29) is 0 Å². The van der Waals surface area contributed by atoms with Gasteiger partial charge in [0.2, 0.25) is 0 Å². The lowest BCUT2D eigenvalue weighted by Crippen LogP contribution is -2.09. The summed E-state index contributed by atoms with van der Waals surface area (Å²) in [6.07, 6.45) is 6.89. The van der Waals surface area contributed by atoms with Crippen molar-refractivity contribution >= 4 is 9.84 Å². The number of nitrogens with zero attached hydrogens (tertiary/aromatic N) is 3. The van der Waals surface area contributed by atoms with Crippen molar-refractivity contribution in [2.45, 2.75) is 43.5 Å². The molecule has 1 aliphatic rings.